The van der Waals surface area contributed by atoms with E-state index in [1.165, 1.54) is 17.1 Å². The summed E-state index contributed by atoms with van der Waals surface area (Å²) in [7, 11) is -4.01. The predicted octanol–water partition coefficient (Wildman–Crippen LogP) is 1.76. The van der Waals surface area contributed by atoms with Gasteiger partial charge in [0.15, 0.2) is 6.61 Å². The van der Waals surface area contributed by atoms with Crippen LogP contribution in [0.25, 0.3) is 0 Å². The first kappa shape index (κ1) is 16.6. The molecule has 0 atom stereocenters. The fourth-order valence-electron chi connectivity index (χ4n) is 1.96. The highest BCUT2D eigenvalue weighted by molar-refractivity contribution is 7.92. The highest BCUT2D eigenvalue weighted by Crippen LogP contribution is 2.31. The molecule has 0 aliphatic heterocycles. The minimum Gasteiger partial charge on any atom is -0.467 e. The number of aromatic amines is 1. The summed E-state index contributed by atoms with van der Waals surface area (Å²) in [6.07, 6.45) is 1.21. The van der Waals surface area contributed by atoms with Crippen LogP contribution in [-0.4, -0.2) is 41.2 Å². The van der Waals surface area contributed by atoms with Crippen molar-refractivity contribution in [2.75, 3.05) is 11.3 Å². The molecule has 0 radical (unpaired) electrons. The Balaban J connectivity index is 1.70. The maximum Gasteiger partial charge on any atom is 0.422 e. The monoisotopic (exact) mass is 365 g/mol. The van der Waals surface area contributed by atoms with Crippen molar-refractivity contribution >= 4 is 15.7 Å². The number of H-pyrrole nitrogens is 1. The number of hydrogen-bond donors (Lipinski definition) is 2. The molecular formula is C12H14F3N5O3S. The summed E-state index contributed by atoms with van der Waals surface area (Å²) >= 11 is 0. The van der Waals surface area contributed by atoms with E-state index in [1.807, 2.05) is 0 Å². The van der Waals surface area contributed by atoms with Gasteiger partial charge in [-0.05, 0) is 18.8 Å². The Kier molecular flexibility index (Phi) is 4.15. The van der Waals surface area contributed by atoms with E-state index < -0.39 is 28.7 Å². The number of aromatic nitrogens is 4. The van der Waals surface area contributed by atoms with Crippen LogP contribution >= 0.6 is 0 Å². The third kappa shape index (κ3) is 4.19. The molecule has 3 rings (SSSR count). The van der Waals surface area contributed by atoms with Crippen molar-refractivity contribution in [3.63, 3.8) is 0 Å². The van der Waals surface area contributed by atoms with Crippen LogP contribution in [0, 0.1) is 5.92 Å². The van der Waals surface area contributed by atoms with Crippen molar-refractivity contribution in [2.24, 2.45) is 5.92 Å². The molecule has 0 saturated heterocycles. The first-order chi connectivity index (χ1) is 11.2. The van der Waals surface area contributed by atoms with Crippen molar-refractivity contribution in [1.82, 2.24) is 20.0 Å². The third-order valence-electron chi connectivity index (χ3n) is 3.29. The summed E-state index contributed by atoms with van der Waals surface area (Å²) in [6.45, 7) is -0.926. The predicted molar refractivity (Wildman–Crippen MR) is 75.9 cm³/mol. The number of sulfonamides is 1. The summed E-state index contributed by atoms with van der Waals surface area (Å²) in [5.41, 5.74) is -0.214. The van der Waals surface area contributed by atoms with Gasteiger partial charge in [0, 0.05) is 12.7 Å². The molecule has 2 aromatic rings. The van der Waals surface area contributed by atoms with E-state index in [1.54, 1.807) is 0 Å². The zero-order chi connectivity index (χ0) is 17.4. The van der Waals surface area contributed by atoms with Crippen molar-refractivity contribution < 1.29 is 26.3 Å². The van der Waals surface area contributed by atoms with Gasteiger partial charge in [0.25, 0.3) is 10.0 Å². The van der Waals surface area contributed by atoms with Crippen molar-refractivity contribution in [2.45, 2.75) is 30.5 Å². The second-order valence-electron chi connectivity index (χ2n) is 5.46. The van der Waals surface area contributed by atoms with Crippen LogP contribution in [0.4, 0.5) is 18.9 Å². The largest absolute Gasteiger partial charge is 0.467 e. The minimum absolute atomic E-state index is 0.0916. The number of nitrogens with zero attached hydrogens (tertiary/aromatic N) is 3. The third-order valence-corrected chi connectivity index (χ3v) is 4.61. The van der Waals surface area contributed by atoms with Gasteiger partial charge in [0.2, 0.25) is 5.88 Å². The molecule has 1 aliphatic rings. The van der Waals surface area contributed by atoms with Gasteiger partial charge in [-0.15, -0.1) is 0 Å². The molecule has 1 aliphatic carbocycles. The number of alkyl halides is 3. The van der Waals surface area contributed by atoms with Gasteiger partial charge in [-0.1, -0.05) is 0 Å². The molecular weight excluding hydrogens is 351 g/mol. The van der Waals surface area contributed by atoms with Crippen LogP contribution in [0.2, 0.25) is 0 Å². The lowest BCUT2D eigenvalue weighted by atomic mass is 10.4. The van der Waals surface area contributed by atoms with E-state index in [-0.39, 0.29) is 10.6 Å². The van der Waals surface area contributed by atoms with Gasteiger partial charge in [0.1, 0.15) is 10.6 Å². The SMILES string of the molecule is O=S(=O)(Nc1cn[nH]c1OCC(F)(F)F)c1cnn(CC2CC2)c1. The van der Waals surface area contributed by atoms with Crippen LogP contribution in [0.5, 0.6) is 5.88 Å². The average molecular weight is 365 g/mol. The zero-order valence-electron chi connectivity index (χ0n) is 12.2. The molecule has 2 heterocycles. The Hall–Kier alpha value is -2.24. The average Bonchev–Trinajstić information content (AvgIpc) is 2.96. The van der Waals surface area contributed by atoms with Crippen LogP contribution in [0.3, 0.4) is 0 Å². The van der Waals surface area contributed by atoms with Gasteiger partial charge >= 0.3 is 6.18 Å². The highest BCUT2D eigenvalue weighted by Gasteiger charge is 2.30. The molecule has 2 N–H and O–H groups in total. The Morgan fingerprint density at radius 1 is 1.38 bits per heavy atom. The fraction of sp³-hybridized carbons (Fsp3) is 0.500. The molecule has 2 aromatic heterocycles. The maximum absolute atomic E-state index is 12.3. The second-order valence-corrected chi connectivity index (χ2v) is 7.15. The van der Waals surface area contributed by atoms with E-state index in [4.69, 9.17) is 0 Å². The molecule has 8 nitrogen and oxygen atoms in total. The standard InChI is InChI=1S/C12H14F3N5O3S/c13-12(14,15)7-23-11-10(4-16-18-11)19-24(21,22)9-3-17-20(6-9)5-8-1-2-8/h3-4,6,8,19H,1-2,5,7H2,(H,16,18). The Morgan fingerprint density at radius 2 is 2.12 bits per heavy atom. The van der Waals surface area contributed by atoms with E-state index in [9.17, 15) is 21.6 Å². The normalized spacial score (nSPS) is 15.5. The molecule has 0 amide bonds. The highest BCUT2D eigenvalue weighted by atomic mass is 32.2. The summed E-state index contributed by atoms with van der Waals surface area (Å²) in [5.74, 6) is 0.103. The van der Waals surface area contributed by atoms with E-state index in [0.29, 0.717) is 12.5 Å². The Bertz CT molecular complexity index is 810. The smallest absolute Gasteiger partial charge is 0.422 e. The summed E-state index contributed by atoms with van der Waals surface area (Å²) in [4.78, 5) is -0.0916. The molecule has 12 heteroatoms. The van der Waals surface area contributed by atoms with Crippen molar-refractivity contribution in [3.05, 3.63) is 18.6 Å². The fourth-order valence-corrected chi connectivity index (χ4v) is 2.96. The van der Waals surface area contributed by atoms with Gasteiger partial charge in [0.05, 0.1) is 12.4 Å². The van der Waals surface area contributed by atoms with E-state index in [2.05, 4.69) is 24.8 Å². The number of hydrogen-bond acceptors (Lipinski definition) is 5. The summed E-state index contributed by atoms with van der Waals surface area (Å²) < 4.78 is 69.3. The molecule has 132 valence electrons. The van der Waals surface area contributed by atoms with Crippen molar-refractivity contribution in [1.29, 1.82) is 0 Å². The molecule has 1 saturated carbocycles. The molecule has 1 fully saturated rings. The van der Waals surface area contributed by atoms with Crippen molar-refractivity contribution in [3.8, 4) is 5.88 Å². The summed E-state index contributed by atoms with van der Waals surface area (Å²) in [6, 6.07) is 0. The first-order valence-electron chi connectivity index (χ1n) is 7.01. The lowest BCUT2D eigenvalue weighted by molar-refractivity contribution is -0.153. The van der Waals surface area contributed by atoms with Crippen LogP contribution < -0.4 is 9.46 Å². The number of anilines is 1. The molecule has 0 unspecified atom stereocenters. The number of nitrogens with one attached hydrogen (secondary N) is 2. The molecule has 0 aromatic carbocycles. The maximum atomic E-state index is 12.3. The van der Waals surface area contributed by atoms with E-state index in [0.717, 1.165) is 19.0 Å². The Labute approximate surface area is 135 Å². The number of rotatable bonds is 7. The van der Waals surface area contributed by atoms with Gasteiger partial charge in [-0.3, -0.25) is 9.40 Å². The zero-order valence-corrected chi connectivity index (χ0v) is 13.1. The summed E-state index contributed by atoms with van der Waals surface area (Å²) in [5, 5.41) is 9.64. The Morgan fingerprint density at radius 3 is 2.79 bits per heavy atom. The lowest BCUT2D eigenvalue weighted by Crippen LogP contribution is -2.20. The second kappa shape index (κ2) is 6.00. The molecule has 24 heavy (non-hydrogen) atoms. The van der Waals surface area contributed by atoms with Crippen LogP contribution in [-0.2, 0) is 16.6 Å². The first-order valence-corrected chi connectivity index (χ1v) is 8.49. The number of halogens is 3. The molecule has 0 bridgehead atoms. The van der Waals surface area contributed by atoms with Crippen LogP contribution in [0.1, 0.15) is 12.8 Å². The van der Waals surface area contributed by atoms with Gasteiger partial charge < -0.3 is 4.74 Å². The topological polar surface area (TPSA) is 102 Å². The lowest BCUT2D eigenvalue weighted by Gasteiger charge is -2.10. The van der Waals surface area contributed by atoms with Gasteiger partial charge in [-0.2, -0.15) is 23.4 Å². The minimum atomic E-state index is -4.55. The molecule has 0 spiro atoms. The van der Waals surface area contributed by atoms with E-state index >= 15 is 0 Å². The van der Waals surface area contributed by atoms with Crippen LogP contribution in [0.15, 0.2) is 23.5 Å². The number of ether oxygens (including phenoxy) is 1. The quantitative estimate of drug-likeness (QED) is 0.778. The van der Waals surface area contributed by atoms with Gasteiger partial charge in [-0.25, -0.2) is 13.5 Å².